The van der Waals surface area contributed by atoms with Gasteiger partial charge in [-0.3, -0.25) is 9.88 Å². The number of para-hydroxylation sites is 1. The average molecular weight is 423 g/mol. The molecule has 0 spiro atoms. The lowest BCUT2D eigenvalue weighted by atomic mass is 9.90. The number of likely N-dealkylation sites (tertiary alicyclic amines) is 1. The minimum Gasteiger partial charge on any atom is -0.497 e. The number of halogens is 1. The third-order valence-electron chi connectivity index (χ3n) is 6.30. The van der Waals surface area contributed by atoms with Gasteiger partial charge in [-0.2, -0.15) is 0 Å². The summed E-state index contributed by atoms with van der Waals surface area (Å²) >= 11 is 0. The number of nitrogens with zero attached hydrogens (tertiary/aromatic N) is 2. The van der Waals surface area contributed by atoms with Gasteiger partial charge in [0, 0.05) is 11.9 Å². The molecule has 0 atom stereocenters. The smallest absolute Gasteiger partial charge is 0.145 e. The monoisotopic (exact) mass is 422 g/mol. The molecule has 4 rings (SSSR count). The fourth-order valence-corrected chi connectivity index (χ4v) is 4.46. The van der Waals surface area contributed by atoms with Crippen molar-refractivity contribution in [3.8, 4) is 11.5 Å². The molecule has 0 bridgehead atoms. The van der Waals surface area contributed by atoms with E-state index < -0.39 is 0 Å². The number of fused-ring (bicyclic) bond motifs is 1. The fraction of sp³-hybridized carbons (Fsp3) is 0.423. The largest absolute Gasteiger partial charge is 0.497 e. The summed E-state index contributed by atoms with van der Waals surface area (Å²) in [4.78, 5) is 6.71. The molecule has 0 saturated carbocycles. The molecule has 2 aromatic carbocycles. The molecule has 0 unspecified atom stereocenters. The van der Waals surface area contributed by atoms with Crippen LogP contribution in [0.3, 0.4) is 0 Å². The molecule has 2 heterocycles. The van der Waals surface area contributed by atoms with E-state index in [9.17, 15) is 4.39 Å². The van der Waals surface area contributed by atoms with Crippen molar-refractivity contribution in [2.75, 3.05) is 33.4 Å². The van der Waals surface area contributed by atoms with Crippen molar-refractivity contribution in [3.05, 3.63) is 66.1 Å². The van der Waals surface area contributed by atoms with Crippen LogP contribution < -0.4 is 9.47 Å². The number of ether oxygens (including phenoxy) is 2. The maximum absolute atomic E-state index is 14.5. The summed E-state index contributed by atoms with van der Waals surface area (Å²) in [6, 6.07) is 15.7. The highest BCUT2D eigenvalue weighted by atomic mass is 19.1. The van der Waals surface area contributed by atoms with Gasteiger partial charge in [0.15, 0.2) is 0 Å². The highest BCUT2D eigenvalue weighted by molar-refractivity contribution is 5.83. The Kier molecular flexibility index (Phi) is 7.36. The van der Waals surface area contributed by atoms with Crippen molar-refractivity contribution in [2.45, 2.75) is 32.1 Å². The number of methoxy groups -OCH3 is 1. The van der Waals surface area contributed by atoms with Crippen molar-refractivity contribution < 1.29 is 13.9 Å². The SMILES string of the molecule is COc1ccc2ncc(F)c(CCCC3CCN(CCOc4ccccc4)CC3)c2c1. The van der Waals surface area contributed by atoms with Crippen LogP contribution in [0, 0.1) is 11.7 Å². The van der Waals surface area contributed by atoms with E-state index in [1.165, 1.54) is 19.0 Å². The molecule has 0 N–H and O–H groups in total. The quantitative estimate of drug-likeness (QED) is 0.456. The first-order chi connectivity index (χ1) is 15.2. The fourth-order valence-electron chi connectivity index (χ4n) is 4.46. The molecule has 164 valence electrons. The van der Waals surface area contributed by atoms with E-state index in [1.54, 1.807) is 7.11 Å². The molecule has 1 saturated heterocycles. The van der Waals surface area contributed by atoms with Crippen LogP contribution in [0.15, 0.2) is 54.7 Å². The first kappa shape index (κ1) is 21.6. The van der Waals surface area contributed by atoms with Crippen LogP contribution >= 0.6 is 0 Å². The van der Waals surface area contributed by atoms with Gasteiger partial charge in [0.2, 0.25) is 0 Å². The molecule has 3 aromatic rings. The standard InChI is InChI=1S/C26H31FN2O2/c1-30-22-10-11-26-24(18-22)23(25(27)19-28-26)9-5-6-20-12-14-29(15-13-20)16-17-31-21-7-3-2-4-8-21/h2-4,7-8,10-11,18-20H,5-6,9,12-17H2,1H3. The van der Waals surface area contributed by atoms with E-state index in [0.717, 1.165) is 79.4 Å². The zero-order chi connectivity index (χ0) is 21.5. The van der Waals surface area contributed by atoms with Crippen molar-refractivity contribution in [2.24, 2.45) is 5.92 Å². The molecule has 31 heavy (non-hydrogen) atoms. The van der Waals surface area contributed by atoms with E-state index in [1.807, 2.05) is 48.5 Å². The lowest BCUT2D eigenvalue weighted by molar-refractivity contribution is 0.150. The summed E-state index contributed by atoms with van der Waals surface area (Å²) in [7, 11) is 1.63. The summed E-state index contributed by atoms with van der Waals surface area (Å²) in [5, 5.41) is 0.868. The van der Waals surface area contributed by atoms with E-state index in [-0.39, 0.29) is 5.82 Å². The number of aryl methyl sites for hydroxylation is 1. The number of hydrogen-bond donors (Lipinski definition) is 0. The number of piperidine rings is 1. The van der Waals surface area contributed by atoms with Gasteiger partial charge in [0.1, 0.15) is 23.9 Å². The van der Waals surface area contributed by atoms with Gasteiger partial charge in [-0.1, -0.05) is 24.6 Å². The molecule has 0 radical (unpaired) electrons. The highest BCUT2D eigenvalue weighted by Gasteiger charge is 2.19. The van der Waals surface area contributed by atoms with E-state index in [0.29, 0.717) is 0 Å². The van der Waals surface area contributed by atoms with E-state index in [4.69, 9.17) is 9.47 Å². The van der Waals surface area contributed by atoms with Gasteiger partial charge in [-0.25, -0.2) is 4.39 Å². The number of hydrogen-bond acceptors (Lipinski definition) is 4. The zero-order valence-corrected chi connectivity index (χ0v) is 18.2. The molecule has 1 aliphatic heterocycles. The molecule has 0 amide bonds. The summed E-state index contributed by atoms with van der Waals surface area (Å²) < 4.78 is 25.6. The predicted octanol–water partition coefficient (Wildman–Crippen LogP) is 5.50. The van der Waals surface area contributed by atoms with Crippen molar-refractivity contribution >= 4 is 10.9 Å². The molecular formula is C26H31FN2O2. The maximum Gasteiger partial charge on any atom is 0.145 e. The van der Waals surface area contributed by atoms with Crippen LogP contribution in [0.5, 0.6) is 11.5 Å². The minimum absolute atomic E-state index is 0.214. The maximum atomic E-state index is 14.5. The number of aromatic nitrogens is 1. The zero-order valence-electron chi connectivity index (χ0n) is 18.2. The van der Waals surface area contributed by atoms with Gasteiger partial charge in [-0.15, -0.1) is 0 Å². The van der Waals surface area contributed by atoms with Gasteiger partial charge in [0.05, 0.1) is 18.8 Å². The summed E-state index contributed by atoms with van der Waals surface area (Å²) in [5.74, 6) is 2.18. The normalized spacial score (nSPS) is 15.3. The van der Waals surface area contributed by atoms with Crippen LogP contribution in [0.25, 0.3) is 10.9 Å². The second-order valence-electron chi connectivity index (χ2n) is 8.31. The minimum atomic E-state index is -0.214. The third kappa shape index (κ3) is 5.73. The van der Waals surface area contributed by atoms with Crippen LogP contribution in [-0.2, 0) is 6.42 Å². The van der Waals surface area contributed by atoms with Gasteiger partial charge in [-0.05, 0) is 80.6 Å². The van der Waals surface area contributed by atoms with Crippen molar-refractivity contribution in [1.29, 1.82) is 0 Å². The third-order valence-corrected chi connectivity index (χ3v) is 6.30. The first-order valence-electron chi connectivity index (χ1n) is 11.2. The van der Waals surface area contributed by atoms with Crippen LogP contribution in [0.4, 0.5) is 4.39 Å². The number of rotatable bonds is 9. The Hall–Kier alpha value is -2.66. The lowest BCUT2D eigenvalue weighted by Crippen LogP contribution is -2.36. The van der Waals surface area contributed by atoms with Crippen molar-refractivity contribution in [1.82, 2.24) is 9.88 Å². The Morgan fingerprint density at radius 1 is 1.06 bits per heavy atom. The average Bonchev–Trinajstić information content (AvgIpc) is 2.82. The summed E-state index contributed by atoms with van der Waals surface area (Å²) in [5.41, 5.74) is 1.59. The first-order valence-corrected chi connectivity index (χ1v) is 11.2. The number of pyridine rings is 1. The molecule has 4 nitrogen and oxygen atoms in total. The van der Waals surface area contributed by atoms with Gasteiger partial charge >= 0.3 is 0 Å². The molecule has 1 fully saturated rings. The molecule has 1 aliphatic rings. The van der Waals surface area contributed by atoms with Gasteiger partial charge < -0.3 is 9.47 Å². The lowest BCUT2D eigenvalue weighted by Gasteiger charge is -2.31. The topological polar surface area (TPSA) is 34.6 Å². The summed E-state index contributed by atoms with van der Waals surface area (Å²) in [6.45, 7) is 3.93. The van der Waals surface area contributed by atoms with Crippen LogP contribution in [-0.4, -0.2) is 43.2 Å². The van der Waals surface area contributed by atoms with Crippen LogP contribution in [0.1, 0.15) is 31.2 Å². The molecule has 0 aliphatic carbocycles. The Morgan fingerprint density at radius 2 is 1.87 bits per heavy atom. The number of benzene rings is 2. The Balaban J connectivity index is 1.22. The van der Waals surface area contributed by atoms with Crippen molar-refractivity contribution in [3.63, 3.8) is 0 Å². The molecule has 5 heteroatoms. The van der Waals surface area contributed by atoms with Crippen LogP contribution in [0.2, 0.25) is 0 Å². The van der Waals surface area contributed by atoms with Gasteiger partial charge in [0.25, 0.3) is 0 Å². The van der Waals surface area contributed by atoms with E-state index >= 15 is 0 Å². The second kappa shape index (κ2) is 10.6. The highest BCUT2D eigenvalue weighted by Crippen LogP contribution is 2.28. The Bertz CT molecular complexity index is 972. The second-order valence-corrected chi connectivity index (χ2v) is 8.31. The Labute approximate surface area is 184 Å². The summed E-state index contributed by atoms with van der Waals surface area (Å²) in [6.07, 6.45) is 6.64. The molecule has 1 aromatic heterocycles. The molecular weight excluding hydrogens is 391 g/mol. The van der Waals surface area contributed by atoms with E-state index in [2.05, 4.69) is 9.88 Å². The predicted molar refractivity (Wildman–Crippen MR) is 122 cm³/mol. The Morgan fingerprint density at radius 3 is 2.65 bits per heavy atom.